The molecule has 4 nitrogen and oxygen atoms in total. The molecule has 0 unspecified atom stereocenters. The van der Waals surface area contributed by atoms with E-state index in [1.165, 1.54) is 0 Å². The lowest BCUT2D eigenvalue weighted by molar-refractivity contribution is 0.0193. The highest BCUT2D eigenvalue weighted by Gasteiger charge is 2.39. The molecule has 4 atom stereocenters. The van der Waals surface area contributed by atoms with E-state index in [-0.39, 0.29) is 18.7 Å². The molecule has 66 valence electrons. The predicted molar refractivity (Wildman–Crippen MR) is 40.1 cm³/mol. The van der Waals surface area contributed by atoms with Crippen molar-refractivity contribution in [1.82, 2.24) is 5.32 Å². The highest BCUT2D eigenvalue weighted by atomic mass is 16.3. The van der Waals surface area contributed by atoms with Gasteiger partial charge in [0.15, 0.2) is 0 Å². The molecule has 0 spiro atoms. The van der Waals surface area contributed by atoms with E-state index in [0.717, 1.165) is 6.42 Å². The van der Waals surface area contributed by atoms with Crippen molar-refractivity contribution in [3.8, 4) is 0 Å². The Morgan fingerprint density at radius 1 is 1.18 bits per heavy atom. The SMILES string of the molecule is CC[C@@H]1N[C@H](CO)[C@@H](O)[C@@H]1O. The molecular formula is C7H15NO3. The van der Waals surface area contributed by atoms with Crippen molar-refractivity contribution in [2.45, 2.75) is 37.6 Å². The molecular weight excluding hydrogens is 146 g/mol. The Labute approximate surface area is 65.9 Å². The van der Waals surface area contributed by atoms with Crippen LogP contribution in [0.15, 0.2) is 0 Å². The molecule has 0 saturated carbocycles. The molecule has 0 amide bonds. The first-order chi connectivity index (χ1) is 5.20. The second-order valence-corrected chi connectivity index (χ2v) is 2.95. The molecule has 1 heterocycles. The number of rotatable bonds is 2. The normalized spacial score (nSPS) is 44.7. The molecule has 1 fully saturated rings. The number of hydrogen-bond donors (Lipinski definition) is 4. The first kappa shape index (κ1) is 8.93. The van der Waals surface area contributed by atoms with Gasteiger partial charge in [0.05, 0.1) is 24.9 Å². The summed E-state index contributed by atoms with van der Waals surface area (Å²) >= 11 is 0. The van der Waals surface area contributed by atoms with E-state index in [2.05, 4.69) is 5.32 Å². The number of aliphatic hydroxyl groups is 3. The fourth-order valence-corrected chi connectivity index (χ4v) is 1.47. The maximum atomic E-state index is 9.34. The van der Waals surface area contributed by atoms with E-state index in [1.54, 1.807) is 0 Å². The molecule has 0 aromatic carbocycles. The van der Waals surface area contributed by atoms with Gasteiger partial charge in [0.2, 0.25) is 0 Å². The number of nitrogens with one attached hydrogen (secondary N) is 1. The van der Waals surface area contributed by atoms with E-state index in [4.69, 9.17) is 5.11 Å². The molecule has 0 bridgehead atoms. The third-order valence-corrected chi connectivity index (χ3v) is 2.24. The van der Waals surface area contributed by atoms with Crippen LogP contribution in [0.3, 0.4) is 0 Å². The third-order valence-electron chi connectivity index (χ3n) is 2.24. The van der Waals surface area contributed by atoms with E-state index < -0.39 is 12.2 Å². The zero-order valence-corrected chi connectivity index (χ0v) is 6.57. The minimum absolute atomic E-state index is 0.0813. The first-order valence-electron chi connectivity index (χ1n) is 3.93. The van der Waals surface area contributed by atoms with Crippen molar-refractivity contribution < 1.29 is 15.3 Å². The van der Waals surface area contributed by atoms with Crippen LogP contribution in [0.2, 0.25) is 0 Å². The highest BCUT2D eigenvalue weighted by molar-refractivity contribution is 4.96. The lowest BCUT2D eigenvalue weighted by Crippen LogP contribution is -2.36. The standard InChI is InChI=1S/C7H15NO3/c1-2-4-6(10)7(11)5(3-9)8-4/h4-11H,2-3H2,1H3/t4-,5+,6+,7+/m0/s1. The van der Waals surface area contributed by atoms with Gasteiger partial charge in [0.25, 0.3) is 0 Å². The summed E-state index contributed by atoms with van der Waals surface area (Å²) in [4.78, 5) is 0. The Balaban J connectivity index is 2.53. The molecule has 1 saturated heterocycles. The second kappa shape index (κ2) is 3.49. The van der Waals surface area contributed by atoms with Gasteiger partial charge in [0.1, 0.15) is 0 Å². The van der Waals surface area contributed by atoms with Gasteiger partial charge in [-0.25, -0.2) is 0 Å². The molecule has 11 heavy (non-hydrogen) atoms. The van der Waals surface area contributed by atoms with Gasteiger partial charge in [0, 0.05) is 6.04 Å². The first-order valence-corrected chi connectivity index (χ1v) is 3.93. The van der Waals surface area contributed by atoms with Crippen molar-refractivity contribution >= 4 is 0 Å². The summed E-state index contributed by atoms with van der Waals surface area (Å²) in [6, 6.07) is -0.447. The molecule has 4 heteroatoms. The second-order valence-electron chi connectivity index (χ2n) is 2.95. The maximum Gasteiger partial charge on any atom is 0.0989 e. The van der Waals surface area contributed by atoms with Gasteiger partial charge >= 0.3 is 0 Å². The van der Waals surface area contributed by atoms with Gasteiger partial charge in [-0.15, -0.1) is 0 Å². The molecule has 0 radical (unpaired) electrons. The van der Waals surface area contributed by atoms with Gasteiger partial charge in [-0.2, -0.15) is 0 Å². The third kappa shape index (κ3) is 1.54. The Hall–Kier alpha value is -0.160. The lowest BCUT2D eigenvalue weighted by Gasteiger charge is -2.12. The van der Waals surface area contributed by atoms with Crippen molar-refractivity contribution in [1.29, 1.82) is 0 Å². The fourth-order valence-electron chi connectivity index (χ4n) is 1.47. The summed E-state index contributed by atoms with van der Waals surface area (Å²) in [7, 11) is 0. The molecule has 0 aliphatic carbocycles. The van der Waals surface area contributed by atoms with Gasteiger partial charge < -0.3 is 20.6 Å². The van der Waals surface area contributed by atoms with Crippen molar-refractivity contribution in [2.24, 2.45) is 0 Å². The van der Waals surface area contributed by atoms with Crippen LogP contribution in [0.4, 0.5) is 0 Å². The van der Waals surface area contributed by atoms with E-state index in [1.807, 2.05) is 6.92 Å². The van der Waals surface area contributed by atoms with E-state index in [0.29, 0.717) is 0 Å². The van der Waals surface area contributed by atoms with E-state index >= 15 is 0 Å². The Bertz CT molecular complexity index is 113. The van der Waals surface area contributed by atoms with Crippen molar-refractivity contribution in [2.75, 3.05) is 6.61 Å². The zero-order valence-electron chi connectivity index (χ0n) is 6.57. The summed E-state index contributed by atoms with van der Waals surface area (Å²) in [5.41, 5.74) is 0. The van der Waals surface area contributed by atoms with Crippen molar-refractivity contribution in [3.63, 3.8) is 0 Å². The quantitative estimate of drug-likeness (QED) is 0.396. The van der Waals surface area contributed by atoms with Crippen LogP contribution >= 0.6 is 0 Å². The molecule has 4 N–H and O–H groups in total. The van der Waals surface area contributed by atoms with Crippen LogP contribution in [0, 0.1) is 0 Å². The zero-order chi connectivity index (χ0) is 8.43. The van der Waals surface area contributed by atoms with Crippen LogP contribution in [0.25, 0.3) is 0 Å². The lowest BCUT2D eigenvalue weighted by atomic mass is 10.1. The predicted octanol–water partition coefficient (Wildman–Crippen LogP) is -1.55. The van der Waals surface area contributed by atoms with Gasteiger partial charge in [-0.1, -0.05) is 6.92 Å². The summed E-state index contributed by atoms with van der Waals surface area (Å²) in [6.07, 6.45) is -0.809. The Kier molecular flexibility index (Phi) is 2.84. The van der Waals surface area contributed by atoms with Crippen LogP contribution in [0.1, 0.15) is 13.3 Å². The smallest absolute Gasteiger partial charge is 0.0989 e. The topological polar surface area (TPSA) is 72.7 Å². The Morgan fingerprint density at radius 3 is 2.00 bits per heavy atom. The molecule has 0 aromatic heterocycles. The molecule has 1 rings (SSSR count). The summed E-state index contributed by atoms with van der Waals surface area (Å²) < 4.78 is 0. The van der Waals surface area contributed by atoms with Crippen LogP contribution in [0.5, 0.6) is 0 Å². The van der Waals surface area contributed by atoms with Crippen molar-refractivity contribution in [3.05, 3.63) is 0 Å². The average molecular weight is 161 g/mol. The summed E-state index contributed by atoms with van der Waals surface area (Å²) in [6.45, 7) is 1.79. The fraction of sp³-hybridized carbons (Fsp3) is 1.00. The number of aliphatic hydroxyl groups excluding tert-OH is 3. The van der Waals surface area contributed by atoms with Crippen LogP contribution in [-0.4, -0.2) is 46.2 Å². The van der Waals surface area contributed by atoms with Gasteiger partial charge in [-0.3, -0.25) is 0 Å². The minimum atomic E-state index is -0.829. The molecule has 1 aliphatic rings. The summed E-state index contributed by atoms with van der Waals surface area (Å²) in [5, 5.41) is 30.3. The average Bonchev–Trinajstić information content (AvgIpc) is 2.30. The molecule has 0 aromatic rings. The minimum Gasteiger partial charge on any atom is -0.395 e. The monoisotopic (exact) mass is 161 g/mol. The Morgan fingerprint density at radius 2 is 1.73 bits per heavy atom. The van der Waals surface area contributed by atoms with Crippen LogP contribution < -0.4 is 5.32 Å². The number of hydrogen-bond acceptors (Lipinski definition) is 4. The maximum absolute atomic E-state index is 9.34. The summed E-state index contributed by atoms with van der Waals surface area (Å²) in [5.74, 6) is 0. The highest BCUT2D eigenvalue weighted by Crippen LogP contribution is 2.15. The largest absolute Gasteiger partial charge is 0.395 e. The molecule has 1 aliphatic heterocycles. The van der Waals surface area contributed by atoms with Crippen LogP contribution in [-0.2, 0) is 0 Å². The van der Waals surface area contributed by atoms with Gasteiger partial charge in [-0.05, 0) is 6.42 Å². The van der Waals surface area contributed by atoms with E-state index in [9.17, 15) is 10.2 Å².